The average Bonchev–Trinajstić information content (AvgIpc) is 1.69. The Labute approximate surface area is 64.1 Å². The third-order valence-corrected chi connectivity index (χ3v) is 1.91. The molecular weight excluding hydrogens is 95.1 g/mol. The van der Waals surface area contributed by atoms with E-state index in [9.17, 15) is 0 Å². The molecule has 0 rings (SSSR count). The zero-order valence-electron chi connectivity index (χ0n) is 5.54. The van der Waals surface area contributed by atoms with E-state index in [0.29, 0.717) is 0 Å². The second kappa shape index (κ2) is 7.00. The molecule has 0 N–H and O–H groups in total. The van der Waals surface area contributed by atoms with Gasteiger partial charge in [-0.05, 0) is 0 Å². The van der Waals surface area contributed by atoms with Gasteiger partial charge in [-0.25, -0.2) is 0 Å². The first-order valence-electron chi connectivity index (χ1n) is 3.41. The molecular formula is C6H13Na. The predicted octanol–water partition coefficient (Wildman–Crippen LogP) is 2.15. The molecule has 0 spiro atoms. The van der Waals surface area contributed by atoms with Crippen LogP contribution >= 0.6 is 0 Å². The molecule has 0 unspecified atom stereocenters. The summed E-state index contributed by atoms with van der Waals surface area (Å²) in [4.78, 5) is 0. The van der Waals surface area contributed by atoms with E-state index < -0.39 is 0 Å². The Morgan fingerprint density at radius 2 is 1.86 bits per heavy atom. The Morgan fingerprint density at radius 1 is 1.14 bits per heavy atom. The van der Waals surface area contributed by atoms with Gasteiger partial charge in [0, 0.05) is 0 Å². The van der Waals surface area contributed by atoms with Crippen LogP contribution in [-0.4, -0.2) is 27.9 Å². The van der Waals surface area contributed by atoms with Gasteiger partial charge in [0.25, 0.3) is 0 Å². The number of hydrogen-bond donors (Lipinski definition) is 0. The van der Waals surface area contributed by atoms with Crippen molar-refractivity contribution in [3.8, 4) is 0 Å². The summed E-state index contributed by atoms with van der Waals surface area (Å²) >= 11 is 1.41. The topological polar surface area (TPSA) is 0 Å². The van der Waals surface area contributed by atoms with Crippen LogP contribution in [0.15, 0.2) is 0 Å². The minimum atomic E-state index is 1.38. The van der Waals surface area contributed by atoms with Crippen molar-refractivity contribution in [2.24, 2.45) is 0 Å². The molecule has 0 heterocycles. The third kappa shape index (κ3) is 7.00. The van der Waals surface area contributed by atoms with Crippen LogP contribution < -0.4 is 0 Å². The quantitative estimate of drug-likeness (QED) is 0.382. The number of unbranched alkanes of at least 4 members (excludes halogenated alkanes) is 3. The Kier molecular flexibility index (Phi) is 8.00. The van der Waals surface area contributed by atoms with Gasteiger partial charge in [-0.2, -0.15) is 0 Å². The first-order valence-corrected chi connectivity index (χ1v) is 4.83. The van der Waals surface area contributed by atoms with Crippen LogP contribution in [0.4, 0.5) is 0 Å². The van der Waals surface area contributed by atoms with Crippen molar-refractivity contribution < 1.29 is 0 Å². The van der Waals surface area contributed by atoms with Gasteiger partial charge in [-0.3, -0.25) is 0 Å². The molecule has 0 aromatic rings. The van der Waals surface area contributed by atoms with Crippen molar-refractivity contribution in [2.45, 2.75) is 36.3 Å². The molecule has 0 saturated heterocycles. The monoisotopic (exact) mass is 108 g/mol. The average molecular weight is 108 g/mol. The molecule has 0 atom stereocenters. The minimum absolute atomic E-state index is 1.38. The number of hydrogen-bond acceptors (Lipinski definition) is 0. The summed E-state index contributed by atoms with van der Waals surface area (Å²) in [5, 5.41) is 0. The second-order valence-electron chi connectivity index (χ2n) is 2.06. The molecule has 0 nitrogen and oxygen atoms in total. The summed E-state index contributed by atoms with van der Waals surface area (Å²) in [6, 6.07) is 0. The molecule has 0 aromatic heterocycles. The van der Waals surface area contributed by atoms with Gasteiger partial charge in [0.05, 0.1) is 0 Å². The van der Waals surface area contributed by atoms with Crippen LogP contribution in [0.3, 0.4) is 0 Å². The van der Waals surface area contributed by atoms with Crippen molar-refractivity contribution >= 4 is 27.9 Å². The molecule has 0 aromatic carbocycles. The van der Waals surface area contributed by atoms with Gasteiger partial charge in [0.15, 0.2) is 0 Å². The number of rotatable bonds is 4. The standard InChI is InChI=1S/C6H13.Na/c1-3-5-6-4-2;/h1,3-6H2,2H3;. The summed E-state index contributed by atoms with van der Waals surface area (Å²) < 4.78 is 1.50. The summed E-state index contributed by atoms with van der Waals surface area (Å²) in [7, 11) is 0. The first kappa shape index (κ1) is 8.00. The summed E-state index contributed by atoms with van der Waals surface area (Å²) in [5.41, 5.74) is 0. The van der Waals surface area contributed by atoms with E-state index in [4.69, 9.17) is 0 Å². The molecule has 0 aliphatic rings. The summed E-state index contributed by atoms with van der Waals surface area (Å²) in [6.07, 6.45) is 5.78. The van der Waals surface area contributed by atoms with Crippen LogP contribution in [0, 0.1) is 0 Å². The Hall–Kier alpha value is 1.00. The van der Waals surface area contributed by atoms with Crippen molar-refractivity contribution in [2.75, 3.05) is 0 Å². The Morgan fingerprint density at radius 3 is 2.29 bits per heavy atom. The van der Waals surface area contributed by atoms with E-state index in [-0.39, 0.29) is 0 Å². The molecule has 0 amide bonds. The molecule has 0 saturated carbocycles. The first-order chi connectivity index (χ1) is 3.41. The molecule has 0 bridgehead atoms. The van der Waals surface area contributed by atoms with Crippen molar-refractivity contribution in [1.82, 2.24) is 0 Å². The molecule has 0 fully saturated rings. The van der Waals surface area contributed by atoms with Crippen molar-refractivity contribution in [3.05, 3.63) is 0 Å². The predicted molar refractivity (Wildman–Crippen MR) is 34.7 cm³/mol. The Bertz CT molecular complexity index is 23.4. The molecule has 0 aliphatic heterocycles. The van der Waals surface area contributed by atoms with Crippen molar-refractivity contribution in [3.63, 3.8) is 0 Å². The Balaban J connectivity index is 2.45. The fraction of sp³-hybridized carbons (Fsp3) is 1.00. The van der Waals surface area contributed by atoms with E-state index in [0.717, 1.165) is 0 Å². The zero-order valence-corrected chi connectivity index (χ0v) is 7.54. The van der Waals surface area contributed by atoms with Gasteiger partial charge < -0.3 is 0 Å². The van der Waals surface area contributed by atoms with Crippen LogP contribution in [-0.2, 0) is 0 Å². The maximum atomic E-state index is 2.26. The van der Waals surface area contributed by atoms with E-state index in [1.165, 1.54) is 57.3 Å². The van der Waals surface area contributed by atoms with E-state index in [1.807, 2.05) is 0 Å². The van der Waals surface area contributed by atoms with Crippen molar-refractivity contribution in [1.29, 1.82) is 0 Å². The normalized spacial score (nSPS) is 9.57. The van der Waals surface area contributed by atoms with E-state index in [1.54, 1.807) is 0 Å². The zero-order chi connectivity index (χ0) is 5.54. The summed E-state index contributed by atoms with van der Waals surface area (Å²) in [5.74, 6) is 0. The second-order valence-corrected chi connectivity index (χ2v) is 3.06. The van der Waals surface area contributed by atoms with Crippen LogP contribution in [0.1, 0.15) is 32.6 Å². The van der Waals surface area contributed by atoms with Crippen LogP contribution in [0.2, 0.25) is 3.67 Å². The fourth-order valence-corrected chi connectivity index (χ4v) is 1.18. The maximum absolute atomic E-state index is 2.26. The van der Waals surface area contributed by atoms with E-state index >= 15 is 0 Å². The van der Waals surface area contributed by atoms with Gasteiger partial charge in [-0.1, -0.05) is 0 Å². The molecule has 0 radical (unpaired) electrons. The van der Waals surface area contributed by atoms with Gasteiger partial charge >= 0.3 is 64.2 Å². The third-order valence-electron chi connectivity index (χ3n) is 1.21. The van der Waals surface area contributed by atoms with Gasteiger partial charge in [0.1, 0.15) is 0 Å². The fourth-order valence-electron chi connectivity index (χ4n) is 0.677. The van der Waals surface area contributed by atoms with E-state index in [2.05, 4.69) is 6.92 Å². The molecule has 7 heavy (non-hydrogen) atoms. The molecule has 0 aliphatic carbocycles. The summed E-state index contributed by atoms with van der Waals surface area (Å²) in [6.45, 7) is 2.26. The van der Waals surface area contributed by atoms with Crippen LogP contribution in [0.5, 0.6) is 0 Å². The SMILES string of the molecule is CCCCC[CH2][Na]. The molecule has 1 heteroatoms. The van der Waals surface area contributed by atoms with Gasteiger partial charge in [0.2, 0.25) is 0 Å². The molecule has 38 valence electrons. The van der Waals surface area contributed by atoms with Crippen LogP contribution in [0.25, 0.3) is 0 Å². The van der Waals surface area contributed by atoms with Gasteiger partial charge in [-0.15, -0.1) is 0 Å².